The van der Waals surface area contributed by atoms with Gasteiger partial charge >= 0.3 is 0 Å². The van der Waals surface area contributed by atoms with Crippen molar-refractivity contribution in [2.75, 3.05) is 6.61 Å². The first kappa shape index (κ1) is 57.1. The lowest BCUT2D eigenvalue weighted by atomic mass is 10.0. The van der Waals surface area contributed by atoms with Gasteiger partial charge in [0.15, 0.2) is 0 Å². The second-order valence-corrected chi connectivity index (χ2v) is 18.4. The van der Waals surface area contributed by atoms with Gasteiger partial charge in [0.1, 0.15) is 6.10 Å². The maximum absolute atomic E-state index is 12.5. The normalized spacial score (nSPS) is 13.4. The quantitative estimate of drug-likeness (QED) is 0.0364. The van der Waals surface area contributed by atoms with Crippen LogP contribution in [0, 0.1) is 0 Å². The predicted octanol–water partition coefficient (Wildman–Crippen LogP) is 15.9. The molecule has 0 aliphatic carbocycles. The van der Waals surface area contributed by atoms with Gasteiger partial charge in [-0.1, -0.05) is 270 Å². The van der Waals surface area contributed by atoms with E-state index in [9.17, 15) is 20.1 Å². The highest BCUT2D eigenvalue weighted by atomic mass is 16.3. The fourth-order valence-electron chi connectivity index (χ4n) is 8.48. The van der Waals surface area contributed by atoms with Crippen LogP contribution >= 0.6 is 0 Å². The number of aliphatic hydroxyl groups excluding tert-OH is 3. The van der Waals surface area contributed by atoms with E-state index in [2.05, 4.69) is 31.3 Å². The third kappa shape index (κ3) is 43.2. The molecule has 0 aromatic rings. The van der Waals surface area contributed by atoms with E-state index in [-0.39, 0.29) is 6.61 Å². The zero-order valence-corrected chi connectivity index (χ0v) is 39.5. The Labute approximate surface area is 363 Å². The number of hydrogen-bond acceptors (Lipinski definition) is 4. The monoisotopic (exact) mass is 820 g/mol. The van der Waals surface area contributed by atoms with Crippen molar-refractivity contribution in [3.05, 3.63) is 12.2 Å². The van der Waals surface area contributed by atoms with Crippen LogP contribution in [0.5, 0.6) is 0 Å². The average molecular weight is 820 g/mol. The van der Waals surface area contributed by atoms with Crippen LogP contribution in [-0.2, 0) is 4.79 Å². The van der Waals surface area contributed by atoms with Crippen molar-refractivity contribution in [1.82, 2.24) is 5.32 Å². The van der Waals surface area contributed by atoms with E-state index in [1.54, 1.807) is 0 Å². The fraction of sp³-hybridized carbons (Fsp3) is 0.943. The highest BCUT2D eigenvalue weighted by Crippen LogP contribution is 2.17. The molecule has 0 aliphatic rings. The van der Waals surface area contributed by atoms with Crippen LogP contribution < -0.4 is 5.32 Å². The van der Waals surface area contributed by atoms with Crippen LogP contribution in [0.2, 0.25) is 0 Å². The lowest BCUT2D eigenvalue weighted by Gasteiger charge is -2.23. The molecule has 0 aromatic heterocycles. The Morgan fingerprint density at radius 3 is 0.948 bits per heavy atom. The summed E-state index contributed by atoms with van der Waals surface area (Å²) in [5.41, 5.74) is 0. The second-order valence-electron chi connectivity index (χ2n) is 18.4. The number of allylic oxidation sites excluding steroid dienone is 2. The first-order chi connectivity index (χ1) is 28.6. The van der Waals surface area contributed by atoms with E-state index in [1.165, 1.54) is 238 Å². The summed E-state index contributed by atoms with van der Waals surface area (Å²) in [5, 5.41) is 33.5. The van der Waals surface area contributed by atoms with Gasteiger partial charge in [-0.25, -0.2) is 0 Å². The largest absolute Gasteiger partial charge is 0.394 e. The van der Waals surface area contributed by atoms with Crippen LogP contribution in [-0.4, -0.2) is 46.1 Å². The Balaban J connectivity index is 3.55. The van der Waals surface area contributed by atoms with E-state index >= 15 is 0 Å². The smallest absolute Gasteiger partial charge is 0.249 e. The zero-order chi connectivity index (χ0) is 42.3. The molecule has 3 atom stereocenters. The Morgan fingerprint density at radius 2 is 0.655 bits per heavy atom. The van der Waals surface area contributed by atoms with Crippen molar-refractivity contribution in [3.8, 4) is 0 Å². The zero-order valence-electron chi connectivity index (χ0n) is 39.5. The third-order valence-corrected chi connectivity index (χ3v) is 12.6. The molecule has 0 aliphatic heterocycles. The van der Waals surface area contributed by atoms with E-state index in [0.29, 0.717) is 12.8 Å². The van der Waals surface area contributed by atoms with Crippen molar-refractivity contribution in [3.63, 3.8) is 0 Å². The van der Waals surface area contributed by atoms with Gasteiger partial charge < -0.3 is 20.6 Å². The van der Waals surface area contributed by atoms with Gasteiger partial charge in [-0.05, 0) is 38.5 Å². The van der Waals surface area contributed by atoms with Gasteiger partial charge in [0.25, 0.3) is 0 Å². The fourth-order valence-corrected chi connectivity index (χ4v) is 8.48. The van der Waals surface area contributed by atoms with E-state index in [1.807, 2.05) is 0 Å². The van der Waals surface area contributed by atoms with Gasteiger partial charge in [0.2, 0.25) is 5.91 Å². The second kappa shape index (κ2) is 48.8. The molecule has 0 saturated carbocycles. The number of nitrogens with one attached hydrogen (secondary N) is 1. The molecule has 0 bridgehead atoms. The summed E-state index contributed by atoms with van der Waals surface area (Å²) in [4.78, 5) is 12.5. The Hall–Kier alpha value is -0.910. The van der Waals surface area contributed by atoms with E-state index < -0.39 is 24.2 Å². The topological polar surface area (TPSA) is 89.8 Å². The number of rotatable bonds is 49. The number of hydrogen-bond donors (Lipinski definition) is 4. The summed E-state index contributed by atoms with van der Waals surface area (Å²) in [6, 6.07) is -0.712. The molecular weight excluding hydrogens is 715 g/mol. The van der Waals surface area contributed by atoms with E-state index in [4.69, 9.17) is 0 Å². The van der Waals surface area contributed by atoms with Crippen LogP contribution in [0.15, 0.2) is 12.2 Å². The van der Waals surface area contributed by atoms with Crippen LogP contribution in [0.1, 0.15) is 296 Å². The molecule has 3 unspecified atom stereocenters. The molecule has 1 amide bonds. The molecule has 0 rings (SSSR count). The van der Waals surface area contributed by atoms with Gasteiger partial charge in [-0.2, -0.15) is 0 Å². The Bertz CT molecular complexity index is 818. The lowest BCUT2D eigenvalue weighted by Crippen LogP contribution is -2.49. The Morgan fingerprint density at radius 1 is 0.397 bits per heavy atom. The number of aliphatic hydroxyl groups is 3. The molecule has 58 heavy (non-hydrogen) atoms. The minimum atomic E-state index is -1.08. The van der Waals surface area contributed by atoms with Crippen molar-refractivity contribution in [2.24, 2.45) is 0 Å². The number of carbonyl (C=O) groups is 1. The summed E-state index contributed by atoms with van der Waals surface area (Å²) in [6.45, 7) is 4.27. The Kier molecular flexibility index (Phi) is 48.0. The minimum Gasteiger partial charge on any atom is -0.394 e. The summed E-state index contributed by atoms with van der Waals surface area (Å²) < 4.78 is 0. The summed E-state index contributed by atoms with van der Waals surface area (Å²) in [5.74, 6) is -0.469. The first-order valence-electron chi connectivity index (χ1n) is 26.5. The molecule has 0 saturated heterocycles. The highest BCUT2D eigenvalue weighted by Gasteiger charge is 2.23. The molecule has 0 heterocycles. The van der Waals surface area contributed by atoms with Crippen LogP contribution in [0.4, 0.5) is 0 Å². The molecule has 0 spiro atoms. The van der Waals surface area contributed by atoms with Gasteiger partial charge in [-0.3, -0.25) is 4.79 Å². The molecular formula is C53H105NO4. The van der Waals surface area contributed by atoms with Crippen molar-refractivity contribution < 1.29 is 20.1 Å². The standard InChI is InChI=1S/C53H105NO4/c1-3-5-7-9-11-13-15-17-19-21-23-25-26-28-30-32-34-36-38-40-42-44-46-48-52(57)53(58)54-50(49-55)51(56)47-45-43-41-39-37-35-33-31-29-27-24-22-20-18-16-14-12-10-8-6-4-2/h28,30,50-52,55-57H,3-27,29,31-49H2,1-2H3,(H,54,58)/b30-28-. The summed E-state index contributed by atoms with van der Waals surface area (Å²) >= 11 is 0. The number of amides is 1. The van der Waals surface area contributed by atoms with Gasteiger partial charge in [0, 0.05) is 0 Å². The molecule has 0 fully saturated rings. The van der Waals surface area contributed by atoms with Crippen molar-refractivity contribution in [2.45, 2.75) is 315 Å². The summed E-state index contributed by atoms with van der Waals surface area (Å²) in [6.07, 6.45) is 59.5. The van der Waals surface area contributed by atoms with Gasteiger partial charge in [-0.15, -0.1) is 0 Å². The molecule has 5 heteroatoms. The average Bonchev–Trinajstić information content (AvgIpc) is 3.23. The SMILES string of the molecule is CCCCCCCCCCCCCC/C=C\CCCCCCCCCC(O)C(=O)NC(CO)C(O)CCCCCCCCCCCCCCCCCCCCCCC. The maximum atomic E-state index is 12.5. The maximum Gasteiger partial charge on any atom is 0.249 e. The number of carbonyl (C=O) groups excluding carboxylic acids is 1. The molecule has 4 N–H and O–H groups in total. The minimum absolute atomic E-state index is 0.311. The first-order valence-corrected chi connectivity index (χ1v) is 26.5. The third-order valence-electron chi connectivity index (χ3n) is 12.6. The molecule has 0 aromatic carbocycles. The van der Waals surface area contributed by atoms with Crippen LogP contribution in [0.3, 0.4) is 0 Å². The highest BCUT2D eigenvalue weighted by molar-refractivity contribution is 5.80. The summed E-state index contributed by atoms with van der Waals surface area (Å²) in [7, 11) is 0. The van der Waals surface area contributed by atoms with Crippen LogP contribution in [0.25, 0.3) is 0 Å². The van der Waals surface area contributed by atoms with Gasteiger partial charge in [0.05, 0.1) is 18.8 Å². The predicted molar refractivity (Wildman–Crippen MR) is 255 cm³/mol. The van der Waals surface area contributed by atoms with Crippen molar-refractivity contribution in [1.29, 1.82) is 0 Å². The van der Waals surface area contributed by atoms with E-state index in [0.717, 1.165) is 32.1 Å². The molecule has 346 valence electrons. The molecule has 0 radical (unpaired) electrons. The lowest BCUT2D eigenvalue weighted by molar-refractivity contribution is -0.131. The number of unbranched alkanes of at least 4 members (excludes halogenated alkanes) is 39. The molecule has 5 nitrogen and oxygen atoms in total. The van der Waals surface area contributed by atoms with Crippen molar-refractivity contribution >= 4 is 5.91 Å².